The molecule has 1 aromatic heterocycles. The van der Waals surface area contributed by atoms with Gasteiger partial charge >= 0.3 is 0 Å². The summed E-state index contributed by atoms with van der Waals surface area (Å²) in [6, 6.07) is 9.19. The van der Waals surface area contributed by atoms with E-state index >= 15 is 0 Å². The quantitative estimate of drug-likeness (QED) is 0.584. The van der Waals surface area contributed by atoms with E-state index in [1.165, 1.54) is 30.9 Å². The summed E-state index contributed by atoms with van der Waals surface area (Å²) in [5.74, 6) is 0.482. The van der Waals surface area contributed by atoms with Crippen molar-refractivity contribution in [2.24, 2.45) is 0 Å². The molecule has 5 nitrogen and oxygen atoms in total. The molecule has 1 amide bonds. The predicted molar refractivity (Wildman–Crippen MR) is 108 cm³/mol. The summed E-state index contributed by atoms with van der Waals surface area (Å²) < 4.78 is 5.24. The van der Waals surface area contributed by atoms with Crippen molar-refractivity contribution in [1.29, 1.82) is 5.26 Å². The van der Waals surface area contributed by atoms with Crippen LogP contribution in [0.5, 0.6) is 5.75 Å². The van der Waals surface area contributed by atoms with Crippen LogP contribution >= 0.6 is 23.4 Å². The zero-order chi connectivity index (χ0) is 19.2. The van der Waals surface area contributed by atoms with Crippen molar-refractivity contribution in [1.82, 2.24) is 4.98 Å². The predicted octanol–water partition coefficient (Wildman–Crippen LogP) is 4.61. The number of hydrogen-bond acceptors (Lipinski definition) is 5. The highest BCUT2D eigenvalue weighted by Gasteiger charge is 2.16. The van der Waals surface area contributed by atoms with E-state index in [0.29, 0.717) is 27.0 Å². The van der Waals surface area contributed by atoms with Crippen LogP contribution in [-0.2, 0) is 17.6 Å². The molecule has 0 radical (unpaired) electrons. The molecule has 27 heavy (non-hydrogen) atoms. The van der Waals surface area contributed by atoms with Gasteiger partial charge in [-0.25, -0.2) is 4.98 Å². The van der Waals surface area contributed by atoms with E-state index < -0.39 is 0 Å². The van der Waals surface area contributed by atoms with Crippen molar-refractivity contribution in [3.05, 3.63) is 46.1 Å². The number of amides is 1. The number of nitrogens with one attached hydrogen (secondary N) is 1. The largest absolute Gasteiger partial charge is 0.495 e. The number of carbonyl (C=O) groups excluding carboxylic acids is 1. The minimum atomic E-state index is -0.207. The van der Waals surface area contributed by atoms with Crippen LogP contribution in [-0.4, -0.2) is 23.8 Å². The van der Waals surface area contributed by atoms with E-state index in [0.717, 1.165) is 31.4 Å². The summed E-state index contributed by atoms with van der Waals surface area (Å²) >= 11 is 7.27. The maximum atomic E-state index is 12.4. The van der Waals surface area contributed by atoms with Crippen molar-refractivity contribution >= 4 is 35.0 Å². The Labute approximate surface area is 168 Å². The van der Waals surface area contributed by atoms with E-state index in [-0.39, 0.29) is 11.7 Å². The Morgan fingerprint density at radius 2 is 2.15 bits per heavy atom. The number of thioether (sulfide) groups is 1. The number of hydrogen-bond donors (Lipinski definition) is 1. The maximum absolute atomic E-state index is 12.4. The summed E-state index contributed by atoms with van der Waals surface area (Å²) in [6.07, 6.45) is 5.34. The molecule has 0 unspecified atom stereocenters. The first kappa shape index (κ1) is 19.5. The zero-order valence-electron chi connectivity index (χ0n) is 15.0. The Kier molecular flexibility index (Phi) is 6.59. The molecule has 0 bridgehead atoms. The molecule has 0 saturated carbocycles. The lowest BCUT2D eigenvalue weighted by molar-refractivity contribution is -0.113. The number of methoxy groups -OCH3 is 1. The number of carbonyl (C=O) groups is 1. The second kappa shape index (κ2) is 9.12. The molecule has 0 fully saturated rings. The van der Waals surface area contributed by atoms with E-state index in [9.17, 15) is 10.1 Å². The van der Waals surface area contributed by atoms with Gasteiger partial charge in [-0.1, -0.05) is 29.8 Å². The normalized spacial score (nSPS) is 13.2. The topological polar surface area (TPSA) is 75.0 Å². The Morgan fingerprint density at radius 3 is 2.93 bits per heavy atom. The van der Waals surface area contributed by atoms with E-state index in [1.54, 1.807) is 18.2 Å². The van der Waals surface area contributed by atoms with Gasteiger partial charge in [-0.2, -0.15) is 5.26 Å². The third kappa shape index (κ3) is 4.94. The maximum Gasteiger partial charge on any atom is 0.234 e. The highest BCUT2D eigenvalue weighted by atomic mass is 35.5. The summed E-state index contributed by atoms with van der Waals surface area (Å²) in [6.45, 7) is 0. The van der Waals surface area contributed by atoms with E-state index in [1.807, 2.05) is 6.07 Å². The summed E-state index contributed by atoms with van der Waals surface area (Å²) in [7, 11) is 1.53. The van der Waals surface area contributed by atoms with Crippen LogP contribution < -0.4 is 10.1 Å². The third-order valence-electron chi connectivity index (χ3n) is 4.41. The third-order valence-corrected chi connectivity index (χ3v) is 5.64. The standard InChI is InChI=1S/C20H20ClN3O2S/c1-26-18-8-7-15(21)10-17(18)23-19(25)12-27-20-14(11-22)9-13-5-3-2-4-6-16(13)24-20/h7-10H,2-6,12H2,1H3,(H,23,25). The smallest absolute Gasteiger partial charge is 0.234 e. The van der Waals surface area contributed by atoms with Crippen molar-refractivity contribution in [3.63, 3.8) is 0 Å². The van der Waals surface area contributed by atoms with Crippen molar-refractivity contribution in [2.45, 2.75) is 37.1 Å². The number of pyridine rings is 1. The minimum absolute atomic E-state index is 0.149. The zero-order valence-corrected chi connectivity index (χ0v) is 16.6. The highest BCUT2D eigenvalue weighted by molar-refractivity contribution is 8.00. The fourth-order valence-corrected chi connectivity index (χ4v) is 4.03. The molecular formula is C20H20ClN3O2S. The molecule has 1 N–H and O–H groups in total. The molecule has 0 atom stereocenters. The molecule has 1 heterocycles. The molecule has 0 saturated heterocycles. The number of halogens is 1. The van der Waals surface area contributed by atoms with Gasteiger partial charge in [-0.15, -0.1) is 0 Å². The Morgan fingerprint density at radius 1 is 1.33 bits per heavy atom. The Hall–Kier alpha value is -2.23. The number of nitrogens with zero attached hydrogens (tertiary/aromatic N) is 2. The van der Waals surface area contributed by atoms with Crippen LogP contribution in [0.4, 0.5) is 5.69 Å². The molecule has 2 aromatic rings. The van der Waals surface area contributed by atoms with Gasteiger partial charge in [-0.3, -0.25) is 4.79 Å². The number of aryl methyl sites for hydroxylation is 2. The van der Waals surface area contributed by atoms with Crippen molar-refractivity contribution in [2.75, 3.05) is 18.2 Å². The number of benzene rings is 1. The number of nitriles is 1. The number of ether oxygens (including phenoxy) is 1. The molecule has 3 rings (SSSR count). The number of rotatable bonds is 5. The van der Waals surface area contributed by atoms with Gasteiger partial charge in [0.05, 0.1) is 24.1 Å². The number of aromatic nitrogens is 1. The SMILES string of the molecule is COc1ccc(Cl)cc1NC(=O)CSc1nc2c(cc1C#N)CCCCC2. The van der Waals surface area contributed by atoms with Crippen LogP contribution in [0.3, 0.4) is 0 Å². The Bertz CT molecular complexity index is 896. The van der Waals surface area contributed by atoms with Gasteiger partial charge < -0.3 is 10.1 Å². The summed E-state index contributed by atoms with van der Waals surface area (Å²) in [4.78, 5) is 17.1. The first-order chi connectivity index (χ1) is 13.1. The van der Waals surface area contributed by atoms with Gasteiger partial charge in [-0.05, 0) is 55.5 Å². The van der Waals surface area contributed by atoms with Crippen LogP contribution in [0.25, 0.3) is 0 Å². The molecule has 7 heteroatoms. The summed E-state index contributed by atoms with van der Waals surface area (Å²) in [5, 5.41) is 13.4. The lowest BCUT2D eigenvalue weighted by Gasteiger charge is -2.12. The first-order valence-corrected chi connectivity index (χ1v) is 10.2. The fourth-order valence-electron chi connectivity index (χ4n) is 3.08. The van der Waals surface area contributed by atoms with Gasteiger partial charge in [0.25, 0.3) is 0 Å². The average Bonchev–Trinajstić information content (AvgIpc) is 2.90. The van der Waals surface area contributed by atoms with Crippen LogP contribution in [0.1, 0.15) is 36.1 Å². The van der Waals surface area contributed by atoms with Crippen molar-refractivity contribution in [3.8, 4) is 11.8 Å². The molecular weight excluding hydrogens is 382 g/mol. The second-order valence-electron chi connectivity index (χ2n) is 6.30. The molecule has 1 aromatic carbocycles. The monoisotopic (exact) mass is 401 g/mol. The van der Waals surface area contributed by atoms with Gasteiger partial charge in [0.15, 0.2) is 0 Å². The molecule has 0 spiro atoms. The van der Waals surface area contributed by atoms with Gasteiger partial charge in [0.2, 0.25) is 5.91 Å². The average molecular weight is 402 g/mol. The number of fused-ring (bicyclic) bond motifs is 1. The number of anilines is 1. The molecule has 140 valence electrons. The van der Waals surface area contributed by atoms with Crippen LogP contribution in [0.15, 0.2) is 29.3 Å². The molecule has 1 aliphatic carbocycles. The first-order valence-electron chi connectivity index (χ1n) is 8.80. The highest BCUT2D eigenvalue weighted by Crippen LogP contribution is 2.29. The van der Waals surface area contributed by atoms with Gasteiger partial charge in [0.1, 0.15) is 16.8 Å². The van der Waals surface area contributed by atoms with E-state index in [4.69, 9.17) is 16.3 Å². The molecule has 1 aliphatic rings. The van der Waals surface area contributed by atoms with Crippen LogP contribution in [0.2, 0.25) is 5.02 Å². The van der Waals surface area contributed by atoms with E-state index in [2.05, 4.69) is 16.4 Å². The fraction of sp³-hybridized carbons (Fsp3) is 0.350. The molecule has 0 aliphatic heterocycles. The van der Waals surface area contributed by atoms with Gasteiger partial charge in [0, 0.05) is 10.7 Å². The minimum Gasteiger partial charge on any atom is -0.495 e. The lowest BCUT2D eigenvalue weighted by Crippen LogP contribution is -2.15. The summed E-state index contributed by atoms with van der Waals surface area (Å²) in [5.41, 5.74) is 3.28. The lowest BCUT2D eigenvalue weighted by atomic mass is 10.1. The second-order valence-corrected chi connectivity index (χ2v) is 7.70. The van der Waals surface area contributed by atoms with Crippen molar-refractivity contribution < 1.29 is 9.53 Å². The van der Waals surface area contributed by atoms with Crippen LogP contribution in [0, 0.1) is 11.3 Å². The Balaban J connectivity index is 1.71.